The summed E-state index contributed by atoms with van der Waals surface area (Å²) in [5.74, 6) is 0.0569. The van der Waals surface area contributed by atoms with Gasteiger partial charge in [0.1, 0.15) is 0 Å². The van der Waals surface area contributed by atoms with Crippen molar-refractivity contribution in [1.29, 1.82) is 0 Å². The van der Waals surface area contributed by atoms with Crippen LogP contribution in [0, 0.1) is 0 Å². The molecule has 15 heavy (non-hydrogen) atoms. The number of hydrogen-bond acceptors (Lipinski definition) is 3. The summed E-state index contributed by atoms with van der Waals surface area (Å²) in [7, 11) is 0. The van der Waals surface area contributed by atoms with E-state index in [1.54, 1.807) is 0 Å². The lowest BCUT2D eigenvalue weighted by Gasteiger charge is -2.27. The fourth-order valence-corrected chi connectivity index (χ4v) is 2.16. The minimum absolute atomic E-state index is 0.0225. The first-order valence-electron chi connectivity index (χ1n) is 4.81. The van der Waals surface area contributed by atoms with Crippen molar-refractivity contribution in [2.24, 2.45) is 0 Å². The molecule has 2 rings (SSSR count). The van der Waals surface area contributed by atoms with E-state index < -0.39 is 0 Å². The zero-order valence-electron chi connectivity index (χ0n) is 8.18. The van der Waals surface area contributed by atoms with Crippen LogP contribution in [0.1, 0.15) is 12.0 Å². The number of nitrogens with zero attached hydrogens (tertiary/aromatic N) is 1. The van der Waals surface area contributed by atoms with E-state index in [4.69, 9.17) is 0 Å². The van der Waals surface area contributed by atoms with E-state index in [1.165, 1.54) is 4.31 Å². The molecule has 0 spiro atoms. The maximum absolute atomic E-state index is 11.5. The number of hydrogen-bond donors (Lipinski definition) is 0. The van der Waals surface area contributed by atoms with Crippen LogP contribution in [-0.2, 0) is 16.0 Å². The van der Waals surface area contributed by atoms with E-state index in [2.05, 4.69) is 0 Å². The first-order chi connectivity index (χ1) is 7.25. The Bertz CT molecular complexity index is 377. The second kappa shape index (κ2) is 4.49. The van der Waals surface area contributed by atoms with Crippen LogP contribution >= 0.6 is 11.9 Å². The van der Waals surface area contributed by atoms with E-state index in [1.807, 2.05) is 30.3 Å². The van der Waals surface area contributed by atoms with Crippen molar-refractivity contribution in [2.45, 2.75) is 12.8 Å². The highest BCUT2D eigenvalue weighted by Gasteiger charge is 2.26. The molecule has 0 radical (unpaired) electrons. The normalized spacial score (nSPS) is 14.9. The predicted molar refractivity (Wildman–Crippen MR) is 59.1 cm³/mol. The maximum atomic E-state index is 11.5. The molecule has 1 aliphatic rings. The third-order valence-electron chi connectivity index (χ3n) is 2.21. The van der Waals surface area contributed by atoms with Crippen LogP contribution in [0.5, 0.6) is 0 Å². The summed E-state index contributed by atoms with van der Waals surface area (Å²) in [6, 6.07) is 9.55. The van der Waals surface area contributed by atoms with Gasteiger partial charge in [0.05, 0.1) is 0 Å². The third kappa shape index (κ3) is 2.59. The Hall–Kier alpha value is -1.29. The molecule has 1 aromatic carbocycles. The molecule has 0 atom stereocenters. The second-order valence-corrected chi connectivity index (χ2v) is 4.45. The largest absolute Gasteiger partial charge is 0.285 e. The second-order valence-electron chi connectivity index (χ2n) is 3.37. The fraction of sp³-hybridized carbons (Fsp3) is 0.273. The Morgan fingerprint density at radius 3 is 2.60 bits per heavy atom. The van der Waals surface area contributed by atoms with Gasteiger partial charge < -0.3 is 0 Å². The Morgan fingerprint density at radius 1 is 1.33 bits per heavy atom. The molecule has 78 valence electrons. The summed E-state index contributed by atoms with van der Waals surface area (Å²) in [4.78, 5) is 22.5. The molecule has 3 nitrogen and oxygen atoms in total. The predicted octanol–water partition coefficient (Wildman–Crippen LogP) is 1.64. The number of β-lactam (4-membered cyclic amide) rings is 1. The molecule has 0 unspecified atom stereocenters. The Labute approximate surface area is 92.6 Å². The van der Waals surface area contributed by atoms with Gasteiger partial charge in [-0.05, 0) is 5.56 Å². The third-order valence-corrected chi connectivity index (χ3v) is 3.16. The van der Waals surface area contributed by atoms with Gasteiger partial charge in [-0.15, -0.1) is 0 Å². The molecule has 1 fully saturated rings. The topological polar surface area (TPSA) is 37.4 Å². The molecule has 0 saturated carbocycles. The van der Waals surface area contributed by atoms with Crippen LogP contribution < -0.4 is 0 Å². The maximum Gasteiger partial charge on any atom is 0.234 e. The SMILES string of the molecule is O=C(Cc1ccccc1)SN1CCC1=O. The van der Waals surface area contributed by atoms with Crippen molar-refractivity contribution in [2.75, 3.05) is 6.54 Å². The number of rotatable bonds is 3. The lowest BCUT2D eigenvalue weighted by molar-refractivity contribution is -0.132. The van der Waals surface area contributed by atoms with Crippen molar-refractivity contribution < 1.29 is 9.59 Å². The average molecular weight is 221 g/mol. The summed E-state index contributed by atoms with van der Waals surface area (Å²) >= 11 is 1.03. The Kier molecular flexibility index (Phi) is 3.06. The van der Waals surface area contributed by atoms with E-state index >= 15 is 0 Å². The standard InChI is InChI=1S/C11H11NO2S/c13-10-6-7-12(10)15-11(14)8-9-4-2-1-3-5-9/h1-5H,6-8H2. The quantitative estimate of drug-likeness (QED) is 0.575. The summed E-state index contributed by atoms with van der Waals surface area (Å²) in [5.41, 5.74) is 0.989. The van der Waals surface area contributed by atoms with E-state index in [9.17, 15) is 9.59 Å². The smallest absolute Gasteiger partial charge is 0.234 e. The van der Waals surface area contributed by atoms with Gasteiger partial charge in [-0.2, -0.15) is 0 Å². The highest BCUT2D eigenvalue weighted by molar-refractivity contribution is 8.12. The van der Waals surface area contributed by atoms with E-state index in [-0.39, 0.29) is 11.0 Å². The van der Waals surface area contributed by atoms with E-state index in [0.29, 0.717) is 19.4 Å². The highest BCUT2D eigenvalue weighted by Crippen LogP contribution is 2.22. The number of carbonyl (C=O) groups is 2. The molecule has 1 saturated heterocycles. The van der Waals surface area contributed by atoms with E-state index in [0.717, 1.165) is 17.5 Å². The Balaban J connectivity index is 1.85. The van der Waals surface area contributed by atoms with Gasteiger partial charge in [-0.1, -0.05) is 30.3 Å². The van der Waals surface area contributed by atoms with Gasteiger partial charge in [0.2, 0.25) is 11.0 Å². The number of benzene rings is 1. The molecule has 0 bridgehead atoms. The summed E-state index contributed by atoms with van der Waals surface area (Å²) in [6.45, 7) is 0.698. The number of carbonyl (C=O) groups excluding carboxylic acids is 2. The van der Waals surface area contributed by atoms with Gasteiger partial charge in [-0.25, -0.2) is 0 Å². The number of amides is 1. The first-order valence-corrected chi connectivity index (χ1v) is 5.58. The summed E-state index contributed by atoms with van der Waals surface area (Å²) in [5, 5.41) is 0.0225. The van der Waals surface area contributed by atoms with Crippen LogP contribution in [0.3, 0.4) is 0 Å². The molecule has 1 aromatic rings. The molecule has 1 aliphatic heterocycles. The molecule has 0 aliphatic carbocycles. The zero-order valence-corrected chi connectivity index (χ0v) is 9.00. The molecule has 0 aromatic heterocycles. The van der Waals surface area contributed by atoms with Crippen molar-refractivity contribution in [1.82, 2.24) is 4.31 Å². The van der Waals surface area contributed by atoms with Gasteiger partial charge in [-0.3, -0.25) is 13.9 Å². The van der Waals surface area contributed by atoms with Gasteiger partial charge in [0.25, 0.3) is 0 Å². The van der Waals surface area contributed by atoms with Gasteiger partial charge >= 0.3 is 0 Å². The highest BCUT2D eigenvalue weighted by atomic mass is 32.2. The minimum Gasteiger partial charge on any atom is -0.285 e. The summed E-state index contributed by atoms with van der Waals surface area (Å²) < 4.78 is 1.52. The lowest BCUT2D eigenvalue weighted by Crippen LogP contribution is -2.38. The van der Waals surface area contributed by atoms with Crippen LogP contribution in [-0.4, -0.2) is 21.9 Å². The molecule has 1 heterocycles. The molecular weight excluding hydrogens is 210 g/mol. The van der Waals surface area contributed by atoms with Crippen LogP contribution in [0.4, 0.5) is 0 Å². The molecule has 4 heteroatoms. The summed E-state index contributed by atoms with van der Waals surface area (Å²) in [6.07, 6.45) is 0.959. The van der Waals surface area contributed by atoms with Crippen molar-refractivity contribution in [3.05, 3.63) is 35.9 Å². The first kappa shape index (κ1) is 10.2. The lowest BCUT2D eigenvalue weighted by atomic mass is 10.2. The average Bonchev–Trinajstić information content (AvgIpc) is 2.25. The zero-order chi connectivity index (χ0) is 10.7. The molecule has 1 amide bonds. The van der Waals surface area contributed by atoms with Crippen LogP contribution in [0.25, 0.3) is 0 Å². The fourth-order valence-electron chi connectivity index (χ4n) is 1.31. The minimum atomic E-state index is 0.0225. The van der Waals surface area contributed by atoms with Crippen LogP contribution in [0.2, 0.25) is 0 Å². The van der Waals surface area contributed by atoms with Gasteiger partial charge in [0, 0.05) is 31.3 Å². The van der Waals surface area contributed by atoms with Crippen molar-refractivity contribution in [3.8, 4) is 0 Å². The van der Waals surface area contributed by atoms with Crippen LogP contribution in [0.15, 0.2) is 30.3 Å². The van der Waals surface area contributed by atoms with Gasteiger partial charge in [0.15, 0.2) is 0 Å². The molecule has 0 N–H and O–H groups in total. The van der Waals surface area contributed by atoms with Crippen molar-refractivity contribution >= 4 is 23.0 Å². The van der Waals surface area contributed by atoms with Crippen molar-refractivity contribution in [3.63, 3.8) is 0 Å². The molecular formula is C11H11NO2S. The Morgan fingerprint density at radius 2 is 2.07 bits per heavy atom. The monoisotopic (exact) mass is 221 g/mol.